The van der Waals surface area contributed by atoms with Gasteiger partial charge in [0.15, 0.2) is 0 Å². The van der Waals surface area contributed by atoms with E-state index < -0.39 is 6.67 Å². The molecule has 0 aliphatic carbocycles. The predicted octanol–water partition coefficient (Wildman–Crippen LogP) is 0.983. The Morgan fingerprint density at radius 3 is 3.15 bits per heavy atom. The number of nitrogens with two attached hydrogens (primary N) is 1. The molecule has 0 radical (unpaired) electrons. The molecule has 13 heavy (non-hydrogen) atoms. The quantitative estimate of drug-likeness (QED) is 0.749. The second kappa shape index (κ2) is 3.01. The van der Waals surface area contributed by atoms with Crippen LogP contribution in [0.1, 0.15) is 0 Å². The van der Waals surface area contributed by atoms with E-state index in [1.807, 2.05) is 0 Å². The molecule has 0 spiro atoms. The van der Waals surface area contributed by atoms with Crippen molar-refractivity contribution in [3.63, 3.8) is 0 Å². The summed E-state index contributed by atoms with van der Waals surface area (Å²) in [4.78, 5) is 7.95. The summed E-state index contributed by atoms with van der Waals surface area (Å²) in [5.74, 6) is 0.334. The SMILES string of the molecule is Nc1nc2cnccc2n1CCF. The van der Waals surface area contributed by atoms with E-state index >= 15 is 0 Å². The van der Waals surface area contributed by atoms with Gasteiger partial charge >= 0.3 is 0 Å². The topological polar surface area (TPSA) is 56.7 Å². The molecule has 2 aromatic rings. The average Bonchev–Trinajstić information content (AvgIpc) is 2.44. The first kappa shape index (κ1) is 7.97. The van der Waals surface area contributed by atoms with Crippen molar-refractivity contribution in [1.29, 1.82) is 0 Å². The van der Waals surface area contributed by atoms with Gasteiger partial charge in [-0.1, -0.05) is 0 Å². The van der Waals surface area contributed by atoms with Crippen molar-refractivity contribution in [2.24, 2.45) is 0 Å². The van der Waals surface area contributed by atoms with E-state index in [1.54, 1.807) is 23.0 Å². The van der Waals surface area contributed by atoms with Gasteiger partial charge in [-0.3, -0.25) is 4.98 Å². The summed E-state index contributed by atoms with van der Waals surface area (Å²) in [5.41, 5.74) is 7.12. The number of alkyl halides is 1. The zero-order valence-corrected chi connectivity index (χ0v) is 6.94. The largest absolute Gasteiger partial charge is 0.369 e. The van der Waals surface area contributed by atoms with Crippen LogP contribution in [0.4, 0.5) is 10.3 Å². The Hall–Kier alpha value is -1.65. The highest BCUT2D eigenvalue weighted by atomic mass is 19.1. The highest BCUT2D eigenvalue weighted by molar-refractivity contribution is 5.76. The molecule has 0 unspecified atom stereocenters. The van der Waals surface area contributed by atoms with Crippen molar-refractivity contribution in [3.8, 4) is 0 Å². The molecule has 5 heteroatoms. The van der Waals surface area contributed by atoms with Gasteiger partial charge in [-0.05, 0) is 6.07 Å². The van der Waals surface area contributed by atoms with Gasteiger partial charge in [-0.25, -0.2) is 9.37 Å². The Balaban J connectivity index is 2.64. The maximum atomic E-state index is 12.1. The van der Waals surface area contributed by atoms with E-state index in [1.165, 1.54) is 0 Å². The highest BCUT2D eigenvalue weighted by Crippen LogP contribution is 2.15. The summed E-state index contributed by atoms with van der Waals surface area (Å²) in [6, 6.07) is 1.77. The zero-order chi connectivity index (χ0) is 9.26. The molecule has 0 atom stereocenters. The first-order chi connectivity index (χ1) is 6.33. The first-order valence-corrected chi connectivity index (χ1v) is 3.94. The Kier molecular flexibility index (Phi) is 1.84. The van der Waals surface area contributed by atoms with Crippen molar-refractivity contribution < 1.29 is 4.39 Å². The number of nitrogen functional groups attached to an aromatic ring is 1. The second-order valence-electron chi connectivity index (χ2n) is 2.68. The summed E-state index contributed by atoms with van der Waals surface area (Å²) < 4.78 is 13.8. The first-order valence-electron chi connectivity index (χ1n) is 3.94. The molecule has 2 aromatic heterocycles. The summed E-state index contributed by atoms with van der Waals surface area (Å²) in [6.07, 6.45) is 3.25. The molecule has 0 saturated heterocycles. The molecule has 0 aliphatic heterocycles. The van der Waals surface area contributed by atoms with Crippen molar-refractivity contribution >= 4 is 17.0 Å². The molecule has 2 N–H and O–H groups in total. The van der Waals surface area contributed by atoms with Gasteiger partial charge < -0.3 is 10.3 Å². The van der Waals surface area contributed by atoms with Crippen LogP contribution in [0.2, 0.25) is 0 Å². The van der Waals surface area contributed by atoms with Crippen LogP contribution in [0, 0.1) is 0 Å². The minimum atomic E-state index is -0.446. The Bertz CT molecular complexity index is 423. The van der Waals surface area contributed by atoms with E-state index in [0.717, 1.165) is 5.52 Å². The number of aromatic nitrogens is 3. The number of halogens is 1. The van der Waals surface area contributed by atoms with Crippen LogP contribution in [-0.2, 0) is 6.54 Å². The van der Waals surface area contributed by atoms with E-state index in [2.05, 4.69) is 9.97 Å². The summed E-state index contributed by atoms with van der Waals surface area (Å²) in [7, 11) is 0. The van der Waals surface area contributed by atoms with Crippen LogP contribution in [-0.4, -0.2) is 21.2 Å². The maximum absolute atomic E-state index is 12.1. The second-order valence-corrected chi connectivity index (χ2v) is 2.68. The third-order valence-corrected chi connectivity index (χ3v) is 1.89. The van der Waals surface area contributed by atoms with Gasteiger partial charge in [0.2, 0.25) is 5.95 Å². The molecule has 0 aromatic carbocycles. The standard InChI is InChI=1S/C8H9FN4/c9-2-4-13-7-1-3-11-5-6(7)12-8(13)10/h1,3,5H,2,4H2,(H2,10,12). The summed E-state index contributed by atoms with van der Waals surface area (Å²) in [5, 5.41) is 0. The Labute approximate surface area is 74.2 Å². The lowest BCUT2D eigenvalue weighted by molar-refractivity contribution is 0.452. The maximum Gasteiger partial charge on any atom is 0.201 e. The van der Waals surface area contributed by atoms with Gasteiger partial charge in [0.05, 0.1) is 18.3 Å². The number of hydrogen-bond acceptors (Lipinski definition) is 3. The number of fused-ring (bicyclic) bond motifs is 1. The van der Waals surface area contributed by atoms with Crippen molar-refractivity contribution in [2.45, 2.75) is 6.54 Å². The molecule has 0 fully saturated rings. The molecule has 4 nitrogen and oxygen atoms in total. The molecular formula is C8H9FN4. The number of hydrogen-bond donors (Lipinski definition) is 1. The van der Waals surface area contributed by atoms with Crippen LogP contribution >= 0.6 is 0 Å². The third-order valence-electron chi connectivity index (χ3n) is 1.89. The minimum Gasteiger partial charge on any atom is -0.369 e. The number of anilines is 1. The number of imidazole rings is 1. The van der Waals surface area contributed by atoms with Gasteiger partial charge in [0.25, 0.3) is 0 Å². The summed E-state index contributed by atoms with van der Waals surface area (Å²) >= 11 is 0. The van der Waals surface area contributed by atoms with E-state index in [-0.39, 0.29) is 6.54 Å². The van der Waals surface area contributed by atoms with Gasteiger partial charge in [0, 0.05) is 6.20 Å². The lowest BCUT2D eigenvalue weighted by Crippen LogP contribution is -2.04. The predicted molar refractivity (Wildman–Crippen MR) is 47.9 cm³/mol. The number of rotatable bonds is 2. The smallest absolute Gasteiger partial charge is 0.201 e. The molecule has 0 aliphatic rings. The van der Waals surface area contributed by atoms with Crippen molar-refractivity contribution in [2.75, 3.05) is 12.4 Å². The molecule has 68 valence electrons. The average molecular weight is 180 g/mol. The van der Waals surface area contributed by atoms with Gasteiger partial charge in [0.1, 0.15) is 12.2 Å². The van der Waals surface area contributed by atoms with E-state index in [4.69, 9.17) is 5.73 Å². The van der Waals surface area contributed by atoms with E-state index in [0.29, 0.717) is 11.5 Å². The summed E-state index contributed by atoms with van der Waals surface area (Å²) in [6.45, 7) is -0.204. The Morgan fingerprint density at radius 2 is 2.38 bits per heavy atom. The van der Waals surface area contributed by atoms with Crippen LogP contribution in [0.25, 0.3) is 11.0 Å². The number of pyridine rings is 1. The van der Waals surface area contributed by atoms with Crippen LogP contribution in [0.3, 0.4) is 0 Å². The highest BCUT2D eigenvalue weighted by Gasteiger charge is 2.06. The molecule has 0 saturated carbocycles. The molecule has 0 amide bonds. The fraction of sp³-hybridized carbons (Fsp3) is 0.250. The lowest BCUT2D eigenvalue weighted by Gasteiger charge is -2.01. The third kappa shape index (κ3) is 1.22. The lowest BCUT2D eigenvalue weighted by atomic mass is 10.4. The van der Waals surface area contributed by atoms with Gasteiger partial charge in [-0.2, -0.15) is 0 Å². The number of aryl methyl sites for hydroxylation is 1. The molecule has 0 bridgehead atoms. The minimum absolute atomic E-state index is 0.242. The van der Waals surface area contributed by atoms with Crippen molar-refractivity contribution in [1.82, 2.24) is 14.5 Å². The molecular weight excluding hydrogens is 171 g/mol. The zero-order valence-electron chi connectivity index (χ0n) is 6.94. The molecule has 2 rings (SSSR count). The fourth-order valence-corrected chi connectivity index (χ4v) is 1.32. The monoisotopic (exact) mass is 180 g/mol. The van der Waals surface area contributed by atoms with Crippen molar-refractivity contribution in [3.05, 3.63) is 18.5 Å². The van der Waals surface area contributed by atoms with Crippen LogP contribution in [0.15, 0.2) is 18.5 Å². The fourth-order valence-electron chi connectivity index (χ4n) is 1.32. The Morgan fingerprint density at radius 1 is 1.54 bits per heavy atom. The molecule has 2 heterocycles. The van der Waals surface area contributed by atoms with Crippen LogP contribution < -0.4 is 5.73 Å². The van der Waals surface area contributed by atoms with Crippen LogP contribution in [0.5, 0.6) is 0 Å². The normalized spacial score (nSPS) is 10.8. The van der Waals surface area contributed by atoms with Gasteiger partial charge in [-0.15, -0.1) is 0 Å². The van der Waals surface area contributed by atoms with E-state index in [9.17, 15) is 4.39 Å². The number of nitrogens with zero attached hydrogens (tertiary/aromatic N) is 3.